The number of amides is 1. The monoisotopic (exact) mass is 343 g/mol. The van der Waals surface area contributed by atoms with E-state index in [1.807, 2.05) is 26.0 Å². The molecule has 4 heteroatoms. The first kappa shape index (κ1) is 17.4. The van der Waals surface area contributed by atoms with E-state index in [0.717, 1.165) is 29.7 Å². The number of hydrogen-bond acceptors (Lipinski definition) is 2. The van der Waals surface area contributed by atoms with Crippen molar-refractivity contribution in [3.8, 4) is 6.07 Å². The van der Waals surface area contributed by atoms with Gasteiger partial charge in [-0.25, -0.2) is 0 Å². The fourth-order valence-electron chi connectivity index (χ4n) is 4.40. The van der Waals surface area contributed by atoms with Gasteiger partial charge in [-0.15, -0.1) is 0 Å². The predicted molar refractivity (Wildman–Crippen MR) is 102 cm³/mol. The van der Waals surface area contributed by atoms with Gasteiger partial charge < -0.3 is 5.32 Å². The molecule has 0 atom stereocenters. The highest BCUT2D eigenvalue weighted by atomic mass is 31.2. The van der Waals surface area contributed by atoms with Crippen molar-refractivity contribution >= 4 is 18.9 Å². The number of rotatable bonds is 3. The number of hydrogen-bond donors (Lipinski definition) is 1. The zero-order chi connectivity index (χ0) is 17.4. The van der Waals surface area contributed by atoms with Crippen LogP contribution in [0.1, 0.15) is 55.2 Å². The van der Waals surface area contributed by atoms with Crippen molar-refractivity contribution in [2.45, 2.75) is 57.5 Å². The Morgan fingerprint density at radius 2 is 1.67 bits per heavy atom. The number of nitrogens with zero attached hydrogens (tertiary/aromatic N) is 1. The normalized spacial score (nSPS) is 21.4. The highest BCUT2D eigenvalue weighted by molar-refractivity contribution is 7.78. The van der Waals surface area contributed by atoms with Gasteiger partial charge in [-0.05, 0) is 62.8 Å². The lowest BCUT2D eigenvalue weighted by atomic mass is 10.0. The van der Waals surface area contributed by atoms with Gasteiger partial charge in [0.05, 0.1) is 24.0 Å². The first-order chi connectivity index (χ1) is 11.4. The third-order valence-corrected chi connectivity index (χ3v) is 11.5. The van der Waals surface area contributed by atoms with E-state index in [1.54, 1.807) is 0 Å². The average Bonchev–Trinajstić information content (AvgIpc) is 3.36. The first-order valence-electron chi connectivity index (χ1n) is 9.09. The van der Waals surface area contributed by atoms with E-state index in [0.29, 0.717) is 5.56 Å². The Hall–Kier alpha value is -1.39. The van der Waals surface area contributed by atoms with Crippen molar-refractivity contribution in [2.75, 3.05) is 24.3 Å². The zero-order valence-corrected chi connectivity index (χ0v) is 16.0. The highest BCUT2D eigenvalue weighted by Gasteiger charge is 2.67. The van der Waals surface area contributed by atoms with Crippen LogP contribution >= 0.6 is 7.26 Å². The van der Waals surface area contributed by atoms with E-state index in [2.05, 4.69) is 18.1 Å². The Bertz CT molecular complexity index is 669. The molecule has 1 aliphatic carbocycles. The molecule has 1 aromatic carbocycles. The van der Waals surface area contributed by atoms with Crippen LogP contribution in [0.25, 0.3) is 0 Å². The van der Waals surface area contributed by atoms with Gasteiger partial charge in [0.15, 0.2) is 5.16 Å². The third kappa shape index (κ3) is 2.98. The molecule has 0 aromatic heterocycles. The summed E-state index contributed by atoms with van der Waals surface area (Å²) in [6, 6.07) is 5.92. The molecule has 0 unspecified atom stereocenters. The molecule has 1 amide bonds. The molecule has 3 nitrogen and oxygen atoms in total. The summed E-state index contributed by atoms with van der Waals surface area (Å²) < 4.78 is 0. The van der Waals surface area contributed by atoms with Gasteiger partial charge in [0, 0.05) is 32.5 Å². The van der Waals surface area contributed by atoms with Crippen LogP contribution in [-0.4, -0.2) is 30.1 Å². The molecule has 0 bridgehead atoms. The van der Waals surface area contributed by atoms with Crippen LogP contribution in [0.3, 0.4) is 0 Å². The maximum Gasteiger partial charge on any atom is 0.268 e. The quantitative estimate of drug-likeness (QED) is 0.796. The van der Waals surface area contributed by atoms with E-state index < -0.39 is 7.26 Å². The number of carbonyl (C=O) groups is 1. The summed E-state index contributed by atoms with van der Waals surface area (Å²) in [5.41, 5.74) is 3.54. The lowest BCUT2D eigenvalue weighted by Crippen LogP contribution is -2.34. The topological polar surface area (TPSA) is 52.9 Å². The number of nitrogens with one attached hydrogen (secondary N) is 1. The van der Waals surface area contributed by atoms with E-state index in [1.165, 1.54) is 38.0 Å². The molecule has 24 heavy (non-hydrogen) atoms. The van der Waals surface area contributed by atoms with Crippen LogP contribution < -0.4 is 5.32 Å². The van der Waals surface area contributed by atoms with E-state index in [4.69, 9.17) is 5.26 Å². The Labute approximate surface area is 146 Å². The average molecular weight is 343 g/mol. The van der Waals surface area contributed by atoms with Crippen LogP contribution in [0.2, 0.25) is 0 Å². The molecule has 2 fully saturated rings. The van der Waals surface area contributed by atoms with E-state index in [-0.39, 0.29) is 11.1 Å². The van der Waals surface area contributed by atoms with Gasteiger partial charge in [0.1, 0.15) is 0 Å². The van der Waals surface area contributed by atoms with E-state index >= 15 is 0 Å². The number of benzene rings is 1. The summed E-state index contributed by atoms with van der Waals surface area (Å²) in [5.74, 6) is 0.246. The number of carbonyl (C=O) groups excluding carboxylic acids is 1. The zero-order valence-electron chi connectivity index (χ0n) is 15.1. The minimum Gasteiger partial charge on any atom is -0.322 e. The molecule has 1 aliphatic heterocycles. The molecule has 128 valence electrons. The second kappa shape index (κ2) is 6.49. The van der Waals surface area contributed by atoms with Crippen molar-refractivity contribution in [1.82, 2.24) is 0 Å². The largest absolute Gasteiger partial charge is 0.322 e. The maximum absolute atomic E-state index is 13.2. The third-order valence-electron chi connectivity index (χ3n) is 6.13. The standard InChI is InChI=1S/C20H27N2OP/c1-15-12-17(14-21)13-16(2)18(15)22-19(23)20(8-9-20)24(3)10-6-4-5-7-11-24/h12-13H,4-11H2,1-3H3/p+1. The van der Waals surface area contributed by atoms with Crippen molar-refractivity contribution in [2.24, 2.45) is 0 Å². The van der Waals surface area contributed by atoms with Crippen LogP contribution in [0.4, 0.5) is 5.69 Å². The molecular weight excluding hydrogens is 315 g/mol. The van der Waals surface area contributed by atoms with E-state index in [9.17, 15) is 4.79 Å². The van der Waals surface area contributed by atoms with Gasteiger partial charge >= 0.3 is 0 Å². The smallest absolute Gasteiger partial charge is 0.268 e. The second-order valence-corrected chi connectivity index (χ2v) is 12.4. The minimum atomic E-state index is -1.20. The Morgan fingerprint density at radius 1 is 1.12 bits per heavy atom. The van der Waals surface area contributed by atoms with Gasteiger partial charge in [-0.2, -0.15) is 5.26 Å². The van der Waals surface area contributed by atoms with Crippen LogP contribution in [0.5, 0.6) is 0 Å². The number of aryl methyl sites for hydroxylation is 2. The molecule has 1 saturated heterocycles. The van der Waals surface area contributed by atoms with Gasteiger partial charge in [0.2, 0.25) is 0 Å². The molecule has 1 aromatic rings. The van der Waals surface area contributed by atoms with Gasteiger partial charge in [-0.3, -0.25) is 4.79 Å². The van der Waals surface area contributed by atoms with Crippen molar-refractivity contribution in [1.29, 1.82) is 5.26 Å². The SMILES string of the molecule is Cc1cc(C#N)cc(C)c1NC(=O)C1([P+]2(C)CCCCCC2)CC1. The Balaban J connectivity index is 1.84. The first-order valence-corrected chi connectivity index (χ1v) is 11.7. The maximum atomic E-state index is 13.2. The highest BCUT2D eigenvalue weighted by Crippen LogP contribution is 2.77. The fraction of sp³-hybridized carbons (Fsp3) is 0.600. The summed E-state index contributed by atoms with van der Waals surface area (Å²) in [5, 5.41) is 12.3. The van der Waals surface area contributed by atoms with Gasteiger partial charge in [-0.1, -0.05) is 0 Å². The van der Waals surface area contributed by atoms with Crippen molar-refractivity contribution < 1.29 is 4.79 Å². The molecule has 2 aliphatic rings. The summed E-state index contributed by atoms with van der Waals surface area (Å²) in [6.45, 7) is 6.40. The molecular formula is C20H28N2OP+. The number of anilines is 1. The van der Waals surface area contributed by atoms with Crippen LogP contribution in [-0.2, 0) is 4.79 Å². The predicted octanol–water partition coefficient (Wildman–Crippen LogP) is 4.87. The lowest BCUT2D eigenvalue weighted by molar-refractivity contribution is -0.116. The summed E-state index contributed by atoms with van der Waals surface area (Å²) >= 11 is 0. The summed E-state index contributed by atoms with van der Waals surface area (Å²) in [4.78, 5) is 13.2. The van der Waals surface area contributed by atoms with Crippen LogP contribution in [0.15, 0.2) is 12.1 Å². The molecule has 1 heterocycles. The molecule has 0 radical (unpaired) electrons. The minimum absolute atomic E-state index is 0.0654. The summed E-state index contributed by atoms with van der Waals surface area (Å²) in [7, 11) is -1.20. The Morgan fingerprint density at radius 3 is 2.12 bits per heavy atom. The van der Waals surface area contributed by atoms with Crippen molar-refractivity contribution in [3.63, 3.8) is 0 Å². The molecule has 1 saturated carbocycles. The van der Waals surface area contributed by atoms with Crippen LogP contribution in [0, 0.1) is 25.2 Å². The summed E-state index contributed by atoms with van der Waals surface area (Å²) in [6.07, 6.45) is 9.97. The van der Waals surface area contributed by atoms with Gasteiger partial charge in [0.25, 0.3) is 5.91 Å². The fourth-order valence-corrected chi connectivity index (χ4v) is 9.06. The molecule has 3 rings (SSSR count). The molecule has 1 N–H and O–H groups in total. The van der Waals surface area contributed by atoms with Crippen molar-refractivity contribution in [3.05, 3.63) is 28.8 Å². The Kier molecular flexibility index (Phi) is 4.71. The number of nitriles is 1. The second-order valence-electron chi connectivity index (χ2n) is 7.84. The molecule has 0 spiro atoms. The lowest BCUT2D eigenvalue weighted by Gasteiger charge is -2.30.